The molecule has 0 aliphatic rings. The summed E-state index contributed by atoms with van der Waals surface area (Å²) in [4.78, 5) is 11.9. The van der Waals surface area contributed by atoms with Crippen molar-refractivity contribution >= 4 is 23.8 Å². The molecule has 1 N–H and O–H groups in total. The molecule has 19 heavy (non-hydrogen) atoms. The number of nitrogens with zero attached hydrogens (tertiary/aromatic N) is 2. The zero-order valence-corrected chi connectivity index (χ0v) is 13.1. The molecule has 0 aliphatic carbocycles. The first-order valence-electron chi connectivity index (χ1n) is 6.49. The molecule has 0 atom stereocenters. The summed E-state index contributed by atoms with van der Waals surface area (Å²) < 4.78 is 6.80. The first-order valence-corrected chi connectivity index (χ1v) is 7.43. The number of rotatable bonds is 5. The average molecular weight is 285 g/mol. The summed E-state index contributed by atoms with van der Waals surface area (Å²) >= 11 is 1.50. The van der Waals surface area contributed by atoms with Crippen LogP contribution in [0.5, 0.6) is 0 Å². The average Bonchev–Trinajstić information content (AvgIpc) is 2.77. The Morgan fingerprint density at radius 2 is 2.21 bits per heavy atom. The zero-order chi connectivity index (χ0) is 14.5. The summed E-state index contributed by atoms with van der Waals surface area (Å²) in [5.41, 5.74) is -0.113. The highest BCUT2D eigenvalue weighted by atomic mass is 32.2. The molecule has 0 aromatic carbocycles. The Balaban J connectivity index is 2.50. The summed E-state index contributed by atoms with van der Waals surface area (Å²) in [6.45, 7) is 8.23. The van der Waals surface area contributed by atoms with Crippen LogP contribution in [0.1, 0.15) is 46.3 Å². The first-order chi connectivity index (χ1) is 8.84. The third-order valence-corrected chi connectivity index (χ3v) is 3.58. The van der Waals surface area contributed by atoms with Gasteiger partial charge in [0.05, 0.1) is 0 Å². The summed E-state index contributed by atoms with van der Waals surface area (Å²) in [5.74, 6) is 2.15. The van der Waals surface area contributed by atoms with E-state index in [9.17, 15) is 4.79 Å². The van der Waals surface area contributed by atoms with Crippen LogP contribution < -0.4 is 5.32 Å². The minimum Gasteiger partial charge on any atom is -0.359 e. The normalized spacial score (nSPS) is 11.4. The van der Waals surface area contributed by atoms with Crippen molar-refractivity contribution in [3.8, 4) is 0 Å². The van der Waals surface area contributed by atoms with E-state index < -0.39 is 0 Å². The van der Waals surface area contributed by atoms with Crippen LogP contribution in [0.3, 0.4) is 0 Å². The van der Waals surface area contributed by atoms with Gasteiger partial charge in [-0.05, 0) is 18.4 Å². The number of carbonyl (C=O) groups excluding carboxylic acids is 1. The predicted octanol–water partition coefficient (Wildman–Crippen LogP) is 3.88. The van der Waals surface area contributed by atoms with Crippen molar-refractivity contribution in [2.24, 2.45) is 0 Å². The fourth-order valence-corrected chi connectivity index (χ4v) is 2.13. The smallest absolute Gasteiger partial charge is 0.332 e. The third kappa shape index (κ3) is 5.14. The van der Waals surface area contributed by atoms with Gasteiger partial charge < -0.3 is 4.52 Å². The van der Waals surface area contributed by atoms with Gasteiger partial charge in [-0.25, -0.2) is 4.79 Å². The minimum absolute atomic E-state index is 0.113. The standard InChI is InChI=1S/C13H23N3O2S/c1-6-7-8-19-16(5)12(17)14-11-9-10(18-15-11)13(2,3)4/h9H,6-8H2,1-5H3,(H,14,15,17). The summed E-state index contributed by atoms with van der Waals surface area (Å²) in [6.07, 6.45) is 2.22. The number of anilines is 1. The van der Waals surface area contributed by atoms with Crippen molar-refractivity contribution in [1.82, 2.24) is 9.46 Å². The van der Waals surface area contributed by atoms with Gasteiger partial charge in [0, 0.05) is 24.3 Å². The second-order valence-electron chi connectivity index (χ2n) is 5.44. The molecule has 2 amide bonds. The SMILES string of the molecule is CCCCSN(C)C(=O)Nc1cc(C(C)(C)C)on1. The molecule has 5 nitrogen and oxygen atoms in total. The van der Waals surface area contributed by atoms with Gasteiger partial charge in [0.15, 0.2) is 5.82 Å². The Kier molecular flexibility index (Phi) is 5.72. The molecule has 6 heteroatoms. The van der Waals surface area contributed by atoms with Gasteiger partial charge in [-0.2, -0.15) is 0 Å². The van der Waals surface area contributed by atoms with E-state index in [0.717, 1.165) is 24.4 Å². The lowest BCUT2D eigenvalue weighted by Crippen LogP contribution is -2.26. The summed E-state index contributed by atoms with van der Waals surface area (Å²) in [5, 5.41) is 6.58. The van der Waals surface area contributed by atoms with Gasteiger partial charge in [0.25, 0.3) is 0 Å². The van der Waals surface area contributed by atoms with Crippen LogP contribution in [-0.2, 0) is 5.41 Å². The van der Waals surface area contributed by atoms with E-state index >= 15 is 0 Å². The molecular formula is C13H23N3O2S. The van der Waals surface area contributed by atoms with Crippen molar-refractivity contribution < 1.29 is 9.32 Å². The van der Waals surface area contributed by atoms with Crippen LogP contribution >= 0.6 is 11.9 Å². The van der Waals surface area contributed by atoms with Gasteiger partial charge in [-0.1, -0.05) is 39.3 Å². The van der Waals surface area contributed by atoms with Gasteiger partial charge in [0.1, 0.15) is 5.76 Å². The lowest BCUT2D eigenvalue weighted by atomic mass is 9.93. The molecular weight excluding hydrogens is 262 g/mol. The molecule has 108 valence electrons. The molecule has 0 spiro atoms. The molecule has 0 bridgehead atoms. The Bertz CT molecular complexity index is 412. The van der Waals surface area contributed by atoms with Crippen molar-refractivity contribution in [2.75, 3.05) is 18.1 Å². The zero-order valence-electron chi connectivity index (χ0n) is 12.3. The van der Waals surface area contributed by atoms with E-state index in [1.165, 1.54) is 11.9 Å². The highest BCUT2D eigenvalue weighted by Crippen LogP contribution is 2.24. The van der Waals surface area contributed by atoms with Gasteiger partial charge in [0.2, 0.25) is 0 Å². The fourth-order valence-electron chi connectivity index (χ4n) is 1.28. The number of carbonyl (C=O) groups is 1. The largest absolute Gasteiger partial charge is 0.359 e. The number of aromatic nitrogens is 1. The predicted molar refractivity (Wildman–Crippen MR) is 79.4 cm³/mol. The second kappa shape index (κ2) is 6.84. The maximum Gasteiger partial charge on any atom is 0.332 e. The number of nitrogens with one attached hydrogen (secondary N) is 1. The monoisotopic (exact) mass is 285 g/mol. The second-order valence-corrected chi connectivity index (χ2v) is 6.65. The maximum absolute atomic E-state index is 11.9. The Labute approximate surface area is 119 Å². The van der Waals surface area contributed by atoms with Crippen LogP contribution in [0, 0.1) is 0 Å². The third-order valence-electron chi connectivity index (χ3n) is 2.55. The van der Waals surface area contributed by atoms with Crippen LogP contribution in [0.2, 0.25) is 0 Å². The number of urea groups is 1. The summed E-state index contributed by atoms with van der Waals surface area (Å²) in [7, 11) is 1.75. The van der Waals surface area contributed by atoms with Crippen LogP contribution in [0.25, 0.3) is 0 Å². The molecule has 1 rings (SSSR count). The lowest BCUT2D eigenvalue weighted by Gasteiger charge is -2.15. The van der Waals surface area contributed by atoms with Gasteiger partial charge >= 0.3 is 6.03 Å². The number of hydrogen-bond acceptors (Lipinski definition) is 4. The Hall–Kier alpha value is -1.17. The summed E-state index contributed by atoms with van der Waals surface area (Å²) in [6, 6.07) is 1.58. The van der Waals surface area contributed by atoms with E-state index in [1.54, 1.807) is 17.4 Å². The molecule has 0 fully saturated rings. The van der Waals surface area contributed by atoms with Crippen LogP contribution in [0.15, 0.2) is 10.6 Å². The molecule has 0 radical (unpaired) electrons. The molecule has 0 saturated carbocycles. The van der Waals surface area contributed by atoms with E-state index in [2.05, 4.69) is 17.4 Å². The highest BCUT2D eigenvalue weighted by Gasteiger charge is 2.20. The maximum atomic E-state index is 11.9. The van der Waals surface area contributed by atoms with Crippen LogP contribution in [0.4, 0.5) is 10.6 Å². The van der Waals surface area contributed by atoms with Gasteiger partial charge in [-0.15, -0.1) is 0 Å². The van der Waals surface area contributed by atoms with E-state index in [4.69, 9.17) is 4.52 Å². The van der Waals surface area contributed by atoms with E-state index in [0.29, 0.717) is 5.82 Å². The first kappa shape index (κ1) is 15.9. The molecule has 0 aliphatic heterocycles. The number of hydrogen-bond donors (Lipinski definition) is 1. The molecule has 0 saturated heterocycles. The molecule has 1 aromatic heterocycles. The Morgan fingerprint density at radius 3 is 2.74 bits per heavy atom. The fraction of sp³-hybridized carbons (Fsp3) is 0.692. The van der Waals surface area contributed by atoms with Crippen LogP contribution in [-0.4, -0.2) is 28.3 Å². The van der Waals surface area contributed by atoms with Crippen molar-refractivity contribution in [3.63, 3.8) is 0 Å². The lowest BCUT2D eigenvalue weighted by molar-refractivity contribution is 0.242. The van der Waals surface area contributed by atoms with Crippen molar-refractivity contribution in [2.45, 2.75) is 46.0 Å². The molecule has 1 heterocycles. The number of unbranched alkanes of at least 4 members (excludes halogenated alkanes) is 1. The van der Waals surface area contributed by atoms with E-state index in [-0.39, 0.29) is 11.4 Å². The quantitative estimate of drug-likeness (QED) is 0.658. The molecule has 1 aromatic rings. The topological polar surface area (TPSA) is 58.4 Å². The number of amides is 2. The van der Waals surface area contributed by atoms with E-state index in [1.807, 2.05) is 20.8 Å². The highest BCUT2D eigenvalue weighted by molar-refractivity contribution is 7.97. The van der Waals surface area contributed by atoms with Crippen molar-refractivity contribution in [3.05, 3.63) is 11.8 Å². The minimum atomic E-state index is -0.185. The molecule has 0 unspecified atom stereocenters. The van der Waals surface area contributed by atoms with Gasteiger partial charge in [-0.3, -0.25) is 9.62 Å². The Morgan fingerprint density at radius 1 is 1.53 bits per heavy atom. The van der Waals surface area contributed by atoms with Crippen molar-refractivity contribution in [1.29, 1.82) is 0 Å².